The van der Waals surface area contributed by atoms with Crippen LogP contribution in [0.3, 0.4) is 0 Å². The van der Waals surface area contributed by atoms with Crippen molar-refractivity contribution < 1.29 is 4.74 Å². The van der Waals surface area contributed by atoms with Crippen LogP contribution >= 0.6 is 11.3 Å². The first-order valence-electron chi connectivity index (χ1n) is 7.83. The first-order valence-corrected chi connectivity index (χ1v) is 8.65. The number of rotatable bonds is 7. The molecule has 0 aliphatic carbocycles. The molecular weight excluding hydrogens is 270 g/mol. The van der Waals surface area contributed by atoms with Crippen molar-refractivity contribution in [3.63, 3.8) is 0 Å². The monoisotopic (exact) mass is 297 g/mol. The minimum absolute atomic E-state index is 0.364. The average Bonchev–Trinajstić information content (AvgIpc) is 2.89. The number of ether oxygens (including phenoxy) is 1. The van der Waals surface area contributed by atoms with Gasteiger partial charge in [-0.25, -0.2) is 4.98 Å². The average molecular weight is 297 g/mol. The molecule has 2 N–H and O–H groups in total. The van der Waals surface area contributed by atoms with Crippen molar-refractivity contribution in [2.75, 3.05) is 24.6 Å². The largest absolute Gasteiger partial charge is 0.376 e. The second-order valence-electron chi connectivity index (χ2n) is 5.40. The first kappa shape index (κ1) is 15.7. The van der Waals surface area contributed by atoms with Gasteiger partial charge in [0, 0.05) is 31.1 Å². The van der Waals surface area contributed by atoms with Gasteiger partial charge in [-0.2, -0.15) is 0 Å². The number of anilines is 1. The summed E-state index contributed by atoms with van der Waals surface area (Å²) < 4.78 is 5.91. The van der Waals surface area contributed by atoms with E-state index < -0.39 is 0 Å². The molecule has 0 saturated carbocycles. The van der Waals surface area contributed by atoms with E-state index in [4.69, 9.17) is 15.5 Å². The van der Waals surface area contributed by atoms with Gasteiger partial charge < -0.3 is 15.4 Å². The molecule has 0 spiro atoms. The quantitative estimate of drug-likeness (QED) is 0.840. The van der Waals surface area contributed by atoms with E-state index in [1.165, 1.54) is 23.4 Å². The van der Waals surface area contributed by atoms with Crippen LogP contribution in [-0.4, -0.2) is 30.8 Å². The molecule has 1 aromatic rings. The zero-order valence-corrected chi connectivity index (χ0v) is 13.5. The van der Waals surface area contributed by atoms with E-state index in [1.807, 2.05) is 0 Å². The van der Waals surface area contributed by atoms with Gasteiger partial charge in [-0.15, -0.1) is 11.3 Å². The zero-order valence-electron chi connectivity index (χ0n) is 12.7. The zero-order chi connectivity index (χ0) is 14.4. The molecular formula is C15H27N3OS. The van der Waals surface area contributed by atoms with Crippen LogP contribution in [0, 0.1) is 0 Å². The fourth-order valence-corrected chi connectivity index (χ4v) is 3.65. The highest BCUT2D eigenvalue weighted by Gasteiger charge is 2.23. The minimum atomic E-state index is 0.364. The third kappa shape index (κ3) is 3.93. The summed E-state index contributed by atoms with van der Waals surface area (Å²) in [4.78, 5) is 8.45. The third-order valence-electron chi connectivity index (χ3n) is 3.65. The van der Waals surface area contributed by atoms with Crippen molar-refractivity contribution in [2.24, 2.45) is 5.73 Å². The van der Waals surface area contributed by atoms with Gasteiger partial charge in [0.25, 0.3) is 0 Å². The fourth-order valence-electron chi connectivity index (χ4n) is 2.63. The van der Waals surface area contributed by atoms with Gasteiger partial charge >= 0.3 is 0 Å². The Bertz CT molecular complexity index is 408. The summed E-state index contributed by atoms with van der Waals surface area (Å²) >= 11 is 1.77. The Balaban J connectivity index is 2.02. The summed E-state index contributed by atoms with van der Waals surface area (Å²) in [7, 11) is 0. The van der Waals surface area contributed by atoms with Crippen LogP contribution in [0.25, 0.3) is 0 Å². The molecule has 1 fully saturated rings. The second kappa shape index (κ2) is 7.96. The minimum Gasteiger partial charge on any atom is -0.376 e. The predicted molar refractivity (Wildman–Crippen MR) is 85.5 cm³/mol. The van der Waals surface area contributed by atoms with Gasteiger partial charge in [0.1, 0.15) is 0 Å². The number of aromatic nitrogens is 1. The normalized spacial score (nSPS) is 19.6. The molecule has 1 unspecified atom stereocenters. The highest BCUT2D eigenvalue weighted by molar-refractivity contribution is 7.15. The van der Waals surface area contributed by atoms with Crippen LogP contribution in [0.1, 0.15) is 50.1 Å². The maximum absolute atomic E-state index is 5.91. The number of piperidine rings is 1. The highest BCUT2D eigenvalue weighted by Crippen LogP contribution is 2.29. The predicted octanol–water partition coefficient (Wildman–Crippen LogP) is 2.95. The summed E-state index contributed by atoms with van der Waals surface area (Å²) in [5, 5.41) is 1.14. The van der Waals surface area contributed by atoms with Crippen LogP contribution < -0.4 is 10.6 Å². The van der Waals surface area contributed by atoms with E-state index in [0.717, 1.165) is 44.1 Å². The lowest BCUT2D eigenvalue weighted by Gasteiger charge is -2.32. The Labute approximate surface area is 126 Å². The molecule has 1 saturated heterocycles. The van der Waals surface area contributed by atoms with E-state index in [1.54, 1.807) is 11.3 Å². The number of thiazole rings is 1. The molecule has 1 aliphatic rings. The highest BCUT2D eigenvalue weighted by atomic mass is 32.1. The fraction of sp³-hybridized carbons (Fsp3) is 0.800. The molecule has 1 aromatic heterocycles. The smallest absolute Gasteiger partial charge is 0.185 e. The molecule has 0 aromatic carbocycles. The molecule has 20 heavy (non-hydrogen) atoms. The maximum Gasteiger partial charge on any atom is 0.185 e. The lowest BCUT2D eigenvalue weighted by atomic mass is 10.1. The Hall–Kier alpha value is -0.650. The lowest BCUT2D eigenvalue weighted by molar-refractivity contribution is 0.0440. The number of nitrogens with two attached hydrogens (primary N) is 1. The molecule has 114 valence electrons. The van der Waals surface area contributed by atoms with E-state index in [9.17, 15) is 0 Å². The van der Waals surface area contributed by atoms with E-state index in [2.05, 4.69) is 18.7 Å². The van der Waals surface area contributed by atoms with Crippen LogP contribution in [0.5, 0.6) is 0 Å². The molecule has 1 aliphatic heterocycles. The Morgan fingerprint density at radius 3 is 2.95 bits per heavy atom. The van der Waals surface area contributed by atoms with Gasteiger partial charge in [-0.3, -0.25) is 0 Å². The molecule has 0 radical (unpaired) electrons. The second-order valence-corrected chi connectivity index (χ2v) is 6.46. The van der Waals surface area contributed by atoms with Crippen molar-refractivity contribution >= 4 is 16.5 Å². The number of hydrogen-bond acceptors (Lipinski definition) is 5. The van der Waals surface area contributed by atoms with E-state index >= 15 is 0 Å². The van der Waals surface area contributed by atoms with E-state index in [-0.39, 0.29) is 0 Å². The Kier molecular flexibility index (Phi) is 6.26. The van der Waals surface area contributed by atoms with Crippen molar-refractivity contribution in [3.05, 3.63) is 10.6 Å². The van der Waals surface area contributed by atoms with Gasteiger partial charge in [0.15, 0.2) is 5.13 Å². The van der Waals surface area contributed by atoms with Gasteiger partial charge in [-0.05, 0) is 25.7 Å². The molecule has 2 heterocycles. The summed E-state index contributed by atoms with van der Waals surface area (Å²) in [5.74, 6) is 0. The maximum atomic E-state index is 5.91. The Morgan fingerprint density at radius 1 is 1.40 bits per heavy atom. The molecule has 0 bridgehead atoms. The van der Waals surface area contributed by atoms with Crippen molar-refractivity contribution in [1.29, 1.82) is 0 Å². The van der Waals surface area contributed by atoms with Crippen LogP contribution in [0.4, 0.5) is 5.13 Å². The molecule has 0 amide bonds. The standard InChI is InChI=1S/C15H27N3OS/c1-3-6-13-14(10-16)20-15(17-13)18-8-5-7-12(11-18)19-9-4-2/h12H,3-11,16H2,1-2H3. The van der Waals surface area contributed by atoms with Crippen LogP contribution in [0.15, 0.2) is 0 Å². The van der Waals surface area contributed by atoms with Gasteiger partial charge in [0.2, 0.25) is 0 Å². The Morgan fingerprint density at radius 2 is 2.25 bits per heavy atom. The summed E-state index contributed by atoms with van der Waals surface area (Å²) in [5.41, 5.74) is 7.04. The topological polar surface area (TPSA) is 51.4 Å². The van der Waals surface area contributed by atoms with Gasteiger partial charge in [0.05, 0.1) is 11.8 Å². The van der Waals surface area contributed by atoms with Crippen LogP contribution in [-0.2, 0) is 17.7 Å². The molecule has 5 heteroatoms. The van der Waals surface area contributed by atoms with Gasteiger partial charge in [-0.1, -0.05) is 20.3 Å². The third-order valence-corrected chi connectivity index (χ3v) is 4.83. The summed E-state index contributed by atoms with van der Waals surface area (Å²) in [6, 6.07) is 0. The van der Waals surface area contributed by atoms with Crippen LogP contribution in [0.2, 0.25) is 0 Å². The lowest BCUT2D eigenvalue weighted by Crippen LogP contribution is -2.39. The van der Waals surface area contributed by atoms with E-state index in [0.29, 0.717) is 12.6 Å². The first-order chi connectivity index (χ1) is 9.78. The number of hydrogen-bond donors (Lipinski definition) is 1. The molecule has 2 rings (SSSR count). The van der Waals surface area contributed by atoms with Crippen molar-refractivity contribution in [3.8, 4) is 0 Å². The summed E-state index contributed by atoms with van der Waals surface area (Å²) in [6.45, 7) is 7.89. The number of nitrogens with zero attached hydrogens (tertiary/aromatic N) is 2. The molecule has 4 nitrogen and oxygen atoms in total. The van der Waals surface area contributed by atoms with Crippen molar-refractivity contribution in [1.82, 2.24) is 4.98 Å². The molecule has 1 atom stereocenters. The van der Waals surface area contributed by atoms with Crippen molar-refractivity contribution in [2.45, 2.75) is 58.6 Å². The summed E-state index contributed by atoms with van der Waals surface area (Å²) in [6.07, 6.45) is 5.97. The SMILES string of the molecule is CCCOC1CCCN(c2nc(CCC)c(CN)s2)C1. The number of aryl methyl sites for hydroxylation is 1.